The van der Waals surface area contributed by atoms with Crippen LogP contribution in [0.2, 0.25) is 0 Å². The molecular weight excluding hydrogens is 268 g/mol. The molecule has 1 aromatic carbocycles. The normalized spacial score (nSPS) is 12.4. The van der Waals surface area contributed by atoms with Crippen LogP contribution in [0.25, 0.3) is 20.9 Å². The van der Waals surface area contributed by atoms with Gasteiger partial charge in [-0.2, -0.15) is 0 Å². The highest BCUT2D eigenvalue weighted by molar-refractivity contribution is 6.25. The Balaban J connectivity index is 3.02. The summed E-state index contributed by atoms with van der Waals surface area (Å²) in [6.45, 7) is 0. The van der Waals surface area contributed by atoms with E-state index in [1.807, 2.05) is 0 Å². The predicted molar refractivity (Wildman–Crippen MR) is 65.2 cm³/mol. The van der Waals surface area contributed by atoms with Gasteiger partial charge in [0.15, 0.2) is 11.6 Å². The standard InChI is InChI=1S/C10H4N6O4/c11-15-13-7-8(14-16-12)10(20)6-4(18)2-1-3(17)5(6)9(7)19/h1-2,19-20H. The maximum absolute atomic E-state index is 11.7. The van der Waals surface area contributed by atoms with Crippen molar-refractivity contribution >= 4 is 22.9 Å². The average molecular weight is 272 g/mol. The van der Waals surface area contributed by atoms with Crippen molar-refractivity contribution < 1.29 is 19.8 Å². The van der Waals surface area contributed by atoms with E-state index in [-0.39, 0.29) is 0 Å². The van der Waals surface area contributed by atoms with Crippen molar-refractivity contribution in [1.29, 1.82) is 0 Å². The molecule has 1 aliphatic rings. The number of allylic oxidation sites excluding steroid dienone is 2. The van der Waals surface area contributed by atoms with Crippen LogP contribution in [0.15, 0.2) is 22.4 Å². The van der Waals surface area contributed by atoms with Gasteiger partial charge >= 0.3 is 0 Å². The summed E-state index contributed by atoms with van der Waals surface area (Å²) in [5.74, 6) is -3.18. The van der Waals surface area contributed by atoms with Crippen LogP contribution >= 0.6 is 0 Å². The van der Waals surface area contributed by atoms with Gasteiger partial charge in [-0.15, -0.1) is 0 Å². The fraction of sp³-hybridized carbons (Fsp3) is 0. The lowest BCUT2D eigenvalue weighted by Crippen LogP contribution is -2.12. The zero-order chi connectivity index (χ0) is 14.9. The molecule has 10 nitrogen and oxygen atoms in total. The number of hydrogen-bond acceptors (Lipinski definition) is 6. The molecule has 1 aromatic rings. The molecular formula is C10H4N6O4. The van der Waals surface area contributed by atoms with Crippen LogP contribution < -0.4 is 0 Å². The second-order valence-electron chi connectivity index (χ2n) is 3.59. The second kappa shape index (κ2) is 4.65. The van der Waals surface area contributed by atoms with Crippen molar-refractivity contribution in [3.05, 3.63) is 44.2 Å². The van der Waals surface area contributed by atoms with Gasteiger partial charge < -0.3 is 10.2 Å². The van der Waals surface area contributed by atoms with Gasteiger partial charge in [0.1, 0.15) is 11.5 Å². The number of phenols is 2. The molecule has 0 saturated heterocycles. The van der Waals surface area contributed by atoms with Crippen molar-refractivity contribution in [2.45, 2.75) is 0 Å². The van der Waals surface area contributed by atoms with Crippen molar-refractivity contribution in [1.82, 2.24) is 0 Å². The molecule has 0 saturated carbocycles. The van der Waals surface area contributed by atoms with Crippen LogP contribution in [0.3, 0.4) is 0 Å². The molecule has 0 bridgehead atoms. The highest BCUT2D eigenvalue weighted by Crippen LogP contribution is 2.50. The molecule has 2 rings (SSSR count). The molecule has 0 spiro atoms. The number of carbonyl (C=O) groups excluding carboxylic acids is 2. The summed E-state index contributed by atoms with van der Waals surface area (Å²) in [5, 5.41) is 26.0. The Labute approximate surface area is 109 Å². The van der Waals surface area contributed by atoms with E-state index in [0.29, 0.717) is 0 Å². The number of ketones is 2. The van der Waals surface area contributed by atoms with Gasteiger partial charge in [-0.3, -0.25) is 9.59 Å². The van der Waals surface area contributed by atoms with Gasteiger partial charge in [0.2, 0.25) is 0 Å². The minimum Gasteiger partial charge on any atom is -0.507 e. The highest BCUT2D eigenvalue weighted by Gasteiger charge is 2.31. The lowest BCUT2D eigenvalue weighted by Gasteiger charge is -2.16. The van der Waals surface area contributed by atoms with Gasteiger partial charge in [0.05, 0.1) is 22.5 Å². The number of carbonyl (C=O) groups is 2. The summed E-state index contributed by atoms with van der Waals surface area (Å²) in [6, 6.07) is 0. The Hall–Kier alpha value is -3.48. The number of benzene rings is 1. The van der Waals surface area contributed by atoms with Gasteiger partial charge in [-0.05, 0) is 23.2 Å². The number of nitrogens with zero attached hydrogens (tertiary/aromatic N) is 6. The highest BCUT2D eigenvalue weighted by atomic mass is 16.3. The first kappa shape index (κ1) is 13.0. The Morgan fingerprint density at radius 3 is 1.50 bits per heavy atom. The number of fused-ring (bicyclic) bond motifs is 1. The van der Waals surface area contributed by atoms with Crippen LogP contribution in [0, 0.1) is 0 Å². The zero-order valence-corrected chi connectivity index (χ0v) is 9.55. The molecule has 0 atom stereocenters. The molecule has 0 aliphatic heterocycles. The Morgan fingerprint density at radius 2 is 1.20 bits per heavy atom. The van der Waals surface area contributed by atoms with Crippen LogP contribution in [0.5, 0.6) is 11.5 Å². The molecule has 0 aromatic heterocycles. The SMILES string of the molecule is [N-]=[N+]=Nc1c(O)c2c(c(O)c1N=[N+]=[N-])C(=O)C=CC2=O. The number of azide groups is 2. The quantitative estimate of drug-likeness (QED) is 0.364. The van der Waals surface area contributed by atoms with E-state index < -0.39 is 45.6 Å². The topological polar surface area (TPSA) is 172 Å². The Kier molecular flexibility index (Phi) is 3.02. The minimum atomic E-state index is -0.833. The fourth-order valence-corrected chi connectivity index (χ4v) is 1.77. The van der Waals surface area contributed by atoms with E-state index in [0.717, 1.165) is 12.2 Å². The van der Waals surface area contributed by atoms with Gasteiger partial charge in [0.25, 0.3) is 0 Å². The zero-order valence-electron chi connectivity index (χ0n) is 9.55. The van der Waals surface area contributed by atoms with Crippen LogP contribution in [0.1, 0.15) is 20.7 Å². The number of rotatable bonds is 2. The predicted octanol–water partition coefficient (Wildman–Crippen LogP) is 2.92. The minimum absolute atomic E-state index is 0.505. The number of phenolic OH excluding ortho intramolecular Hbond substituents is 2. The van der Waals surface area contributed by atoms with E-state index in [1.165, 1.54) is 0 Å². The van der Waals surface area contributed by atoms with E-state index in [2.05, 4.69) is 20.1 Å². The third kappa shape index (κ3) is 1.70. The molecule has 0 unspecified atom stereocenters. The molecule has 98 valence electrons. The van der Waals surface area contributed by atoms with E-state index in [9.17, 15) is 19.8 Å². The largest absolute Gasteiger partial charge is 0.507 e. The van der Waals surface area contributed by atoms with E-state index in [1.54, 1.807) is 0 Å². The lowest BCUT2D eigenvalue weighted by atomic mass is 9.91. The van der Waals surface area contributed by atoms with Crippen molar-refractivity contribution in [2.24, 2.45) is 10.2 Å². The molecule has 0 fully saturated rings. The summed E-state index contributed by atoms with van der Waals surface area (Å²) < 4.78 is 0. The van der Waals surface area contributed by atoms with E-state index in [4.69, 9.17) is 11.1 Å². The van der Waals surface area contributed by atoms with Crippen molar-refractivity contribution in [2.75, 3.05) is 0 Å². The molecule has 0 amide bonds. The van der Waals surface area contributed by atoms with E-state index >= 15 is 0 Å². The molecule has 20 heavy (non-hydrogen) atoms. The first-order valence-electron chi connectivity index (χ1n) is 5.01. The summed E-state index contributed by atoms with van der Waals surface area (Å²) in [7, 11) is 0. The summed E-state index contributed by atoms with van der Waals surface area (Å²) in [5.41, 5.74) is 14.6. The average Bonchev–Trinajstić information content (AvgIpc) is 2.42. The summed E-state index contributed by atoms with van der Waals surface area (Å²) >= 11 is 0. The monoisotopic (exact) mass is 272 g/mol. The van der Waals surface area contributed by atoms with Gasteiger partial charge in [-0.25, -0.2) is 0 Å². The fourth-order valence-electron chi connectivity index (χ4n) is 1.77. The van der Waals surface area contributed by atoms with Gasteiger partial charge in [-0.1, -0.05) is 10.2 Å². The first-order valence-corrected chi connectivity index (χ1v) is 5.01. The summed E-state index contributed by atoms with van der Waals surface area (Å²) in [4.78, 5) is 28.2. The molecule has 2 N–H and O–H groups in total. The lowest BCUT2D eigenvalue weighted by molar-refractivity contribution is 0.0989. The summed E-state index contributed by atoms with van der Waals surface area (Å²) in [6.07, 6.45) is 1.80. The van der Waals surface area contributed by atoms with Crippen LogP contribution in [-0.2, 0) is 0 Å². The molecule has 1 aliphatic carbocycles. The maximum Gasteiger partial charge on any atom is 0.190 e. The van der Waals surface area contributed by atoms with Gasteiger partial charge in [0, 0.05) is 9.82 Å². The molecule has 0 radical (unpaired) electrons. The Bertz CT molecular complexity index is 719. The Morgan fingerprint density at radius 1 is 0.850 bits per heavy atom. The van der Waals surface area contributed by atoms with Crippen molar-refractivity contribution in [3.8, 4) is 11.5 Å². The smallest absolute Gasteiger partial charge is 0.190 e. The second-order valence-corrected chi connectivity index (χ2v) is 3.59. The van der Waals surface area contributed by atoms with Crippen LogP contribution in [0.4, 0.5) is 11.4 Å². The number of aromatic hydroxyl groups is 2. The number of hydrogen-bond donors (Lipinski definition) is 2. The third-order valence-corrected chi connectivity index (χ3v) is 2.56. The van der Waals surface area contributed by atoms with Crippen LogP contribution in [-0.4, -0.2) is 21.8 Å². The molecule has 10 heteroatoms. The van der Waals surface area contributed by atoms with Crippen molar-refractivity contribution in [3.63, 3.8) is 0 Å². The maximum atomic E-state index is 11.7. The molecule has 0 heterocycles. The first-order chi connectivity index (χ1) is 9.52. The third-order valence-electron chi connectivity index (χ3n) is 2.56.